The molecule has 0 unspecified atom stereocenters. The second kappa shape index (κ2) is 5.16. The molecule has 2 rings (SSSR count). The molecule has 2 aromatic rings. The number of benzene rings is 1. The molecule has 0 aliphatic rings. The van der Waals surface area contributed by atoms with E-state index in [-0.39, 0.29) is 0 Å². The predicted molar refractivity (Wildman–Crippen MR) is 77.3 cm³/mol. The highest BCUT2D eigenvalue weighted by Crippen LogP contribution is 2.32. The van der Waals surface area contributed by atoms with Gasteiger partial charge in [0.15, 0.2) is 0 Å². The highest BCUT2D eigenvalue weighted by molar-refractivity contribution is 9.10. The third kappa shape index (κ3) is 2.76. The fraction of sp³-hybridized carbons (Fsp3) is 0.154. The molecule has 0 atom stereocenters. The quantitative estimate of drug-likeness (QED) is 0.827. The van der Waals surface area contributed by atoms with Crippen molar-refractivity contribution in [3.63, 3.8) is 0 Å². The predicted octanol–water partition coefficient (Wildman–Crippen LogP) is 4.49. The number of aromatic nitrogens is 1. The molecule has 5 heteroatoms. The number of aryl methyl sites for hydroxylation is 2. The maximum atomic E-state index is 6.06. The van der Waals surface area contributed by atoms with Gasteiger partial charge in [0.25, 0.3) is 0 Å². The number of nitrogen functional groups attached to an aromatic ring is 1. The molecule has 0 aliphatic carbocycles. The van der Waals surface area contributed by atoms with E-state index in [0.29, 0.717) is 16.7 Å². The van der Waals surface area contributed by atoms with Crippen LogP contribution >= 0.6 is 27.5 Å². The average molecular weight is 328 g/mol. The Morgan fingerprint density at radius 1 is 1.22 bits per heavy atom. The molecule has 0 bridgehead atoms. The number of pyridine rings is 1. The van der Waals surface area contributed by atoms with Crippen LogP contribution in [0.3, 0.4) is 0 Å². The third-order valence-corrected chi connectivity index (χ3v) is 3.25. The SMILES string of the molecule is Cc1cc(Oc2ncc(Br)cc2Cl)c(C)cc1N. The van der Waals surface area contributed by atoms with Crippen LogP contribution < -0.4 is 10.5 Å². The first kappa shape index (κ1) is 13.2. The van der Waals surface area contributed by atoms with Crippen molar-refractivity contribution in [3.8, 4) is 11.6 Å². The summed E-state index contributed by atoms with van der Waals surface area (Å²) in [5.41, 5.74) is 8.48. The molecule has 0 aliphatic heterocycles. The van der Waals surface area contributed by atoms with E-state index < -0.39 is 0 Å². The van der Waals surface area contributed by atoms with Crippen molar-refractivity contribution >= 4 is 33.2 Å². The van der Waals surface area contributed by atoms with Crippen LogP contribution in [0, 0.1) is 13.8 Å². The summed E-state index contributed by atoms with van der Waals surface area (Å²) in [6.45, 7) is 3.86. The molecule has 1 aromatic carbocycles. The lowest BCUT2D eigenvalue weighted by Gasteiger charge is -2.11. The van der Waals surface area contributed by atoms with E-state index in [1.807, 2.05) is 26.0 Å². The second-order valence-corrected chi connectivity index (χ2v) is 5.34. The Morgan fingerprint density at radius 2 is 1.94 bits per heavy atom. The van der Waals surface area contributed by atoms with Gasteiger partial charge in [-0.15, -0.1) is 0 Å². The summed E-state index contributed by atoms with van der Waals surface area (Å²) in [6, 6.07) is 5.49. The Bertz CT molecular complexity index is 602. The number of hydrogen-bond donors (Lipinski definition) is 1. The molecule has 3 nitrogen and oxygen atoms in total. The summed E-state index contributed by atoms with van der Waals surface area (Å²) >= 11 is 9.36. The zero-order chi connectivity index (χ0) is 13.3. The van der Waals surface area contributed by atoms with Gasteiger partial charge in [-0.2, -0.15) is 0 Å². The molecule has 0 amide bonds. The van der Waals surface area contributed by atoms with Crippen molar-refractivity contribution in [2.24, 2.45) is 0 Å². The number of hydrogen-bond acceptors (Lipinski definition) is 3. The van der Waals surface area contributed by atoms with E-state index in [0.717, 1.165) is 21.3 Å². The first-order valence-electron chi connectivity index (χ1n) is 5.33. The molecule has 0 saturated heterocycles. The van der Waals surface area contributed by atoms with Gasteiger partial charge in [-0.05, 0) is 59.1 Å². The fourth-order valence-corrected chi connectivity index (χ4v) is 2.17. The monoisotopic (exact) mass is 326 g/mol. The van der Waals surface area contributed by atoms with E-state index in [9.17, 15) is 0 Å². The lowest BCUT2D eigenvalue weighted by Crippen LogP contribution is -1.95. The molecule has 0 fully saturated rings. The third-order valence-electron chi connectivity index (χ3n) is 2.54. The lowest BCUT2D eigenvalue weighted by molar-refractivity contribution is 0.459. The summed E-state index contributed by atoms with van der Waals surface area (Å²) in [5.74, 6) is 1.09. The summed E-state index contributed by atoms with van der Waals surface area (Å²) < 4.78 is 6.52. The Kier molecular flexibility index (Phi) is 3.78. The van der Waals surface area contributed by atoms with E-state index in [1.54, 1.807) is 12.3 Å². The first-order chi connectivity index (χ1) is 8.47. The van der Waals surface area contributed by atoms with Crippen LogP contribution in [-0.2, 0) is 0 Å². The fourth-order valence-electron chi connectivity index (χ4n) is 1.50. The van der Waals surface area contributed by atoms with Crippen LogP contribution in [-0.4, -0.2) is 4.98 Å². The lowest BCUT2D eigenvalue weighted by atomic mass is 10.1. The van der Waals surface area contributed by atoms with Gasteiger partial charge in [-0.3, -0.25) is 0 Å². The highest BCUT2D eigenvalue weighted by atomic mass is 79.9. The molecule has 1 aromatic heterocycles. The molecule has 94 valence electrons. The Hall–Kier alpha value is -1.26. The van der Waals surface area contributed by atoms with Gasteiger partial charge < -0.3 is 10.5 Å². The number of ether oxygens (including phenoxy) is 1. The van der Waals surface area contributed by atoms with Gasteiger partial charge in [0.1, 0.15) is 10.8 Å². The number of halogens is 2. The number of anilines is 1. The molecule has 18 heavy (non-hydrogen) atoms. The number of rotatable bonds is 2. The van der Waals surface area contributed by atoms with Crippen molar-refractivity contribution < 1.29 is 4.74 Å². The van der Waals surface area contributed by atoms with E-state index in [4.69, 9.17) is 22.1 Å². The summed E-state index contributed by atoms with van der Waals surface area (Å²) in [7, 11) is 0. The van der Waals surface area contributed by atoms with Crippen LogP contribution in [0.2, 0.25) is 5.02 Å². The van der Waals surface area contributed by atoms with Gasteiger partial charge >= 0.3 is 0 Å². The van der Waals surface area contributed by atoms with Crippen molar-refractivity contribution in [2.75, 3.05) is 5.73 Å². The smallest absolute Gasteiger partial charge is 0.238 e. The van der Waals surface area contributed by atoms with Crippen molar-refractivity contribution in [1.29, 1.82) is 0 Å². The highest BCUT2D eigenvalue weighted by Gasteiger charge is 2.09. The minimum atomic E-state index is 0.382. The van der Waals surface area contributed by atoms with Gasteiger partial charge in [0.05, 0.1) is 0 Å². The minimum absolute atomic E-state index is 0.382. The van der Waals surface area contributed by atoms with Crippen molar-refractivity contribution in [2.45, 2.75) is 13.8 Å². The average Bonchev–Trinajstić information content (AvgIpc) is 2.29. The summed E-state index contributed by atoms with van der Waals surface area (Å²) in [5, 5.41) is 0.457. The van der Waals surface area contributed by atoms with Crippen LogP contribution in [0.5, 0.6) is 11.6 Å². The van der Waals surface area contributed by atoms with Crippen molar-refractivity contribution in [1.82, 2.24) is 4.98 Å². The molecular formula is C13H12BrClN2O. The number of nitrogens with two attached hydrogens (primary N) is 1. The summed E-state index contributed by atoms with van der Waals surface area (Å²) in [4.78, 5) is 4.13. The van der Waals surface area contributed by atoms with Crippen molar-refractivity contribution in [3.05, 3.63) is 45.0 Å². The standard InChI is InChI=1S/C13H12BrClN2O/c1-7-4-12(8(2)3-11(7)16)18-13-10(15)5-9(14)6-17-13/h3-6H,16H2,1-2H3. The topological polar surface area (TPSA) is 48.1 Å². The van der Waals surface area contributed by atoms with Gasteiger partial charge in [-0.1, -0.05) is 11.6 Å². The molecular weight excluding hydrogens is 316 g/mol. The maximum Gasteiger partial charge on any atom is 0.238 e. The molecule has 0 saturated carbocycles. The first-order valence-corrected chi connectivity index (χ1v) is 6.50. The Balaban J connectivity index is 2.37. The molecule has 0 radical (unpaired) electrons. The minimum Gasteiger partial charge on any atom is -0.437 e. The zero-order valence-electron chi connectivity index (χ0n) is 10.00. The largest absolute Gasteiger partial charge is 0.437 e. The van der Waals surface area contributed by atoms with Crippen LogP contribution in [0.15, 0.2) is 28.9 Å². The Morgan fingerprint density at radius 3 is 2.61 bits per heavy atom. The second-order valence-electron chi connectivity index (χ2n) is 4.02. The van der Waals surface area contributed by atoms with Gasteiger partial charge in [-0.25, -0.2) is 4.98 Å². The Labute approximate surface area is 119 Å². The van der Waals surface area contributed by atoms with Crippen LogP contribution in [0.25, 0.3) is 0 Å². The zero-order valence-corrected chi connectivity index (χ0v) is 12.3. The number of nitrogens with zero attached hydrogens (tertiary/aromatic N) is 1. The van der Waals surface area contributed by atoms with E-state index in [2.05, 4.69) is 20.9 Å². The molecule has 1 heterocycles. The summed E-state index contributed by atoms with van der Waals surface area (Å²) in [6.07, 6.45) is 1.64. The van der Waals surface area contributed by atoms with Crippen LogP contribution in [0.4, 0.5) is 5.69 Å². The van der Waals surface area contributed by atoms with E-state index in [1.165, 1.54) is 0 Å². The van der Waals surface area contributed by atoms with Gasteiger partial charge in [0.2, 0.25) is 5.88 Å². The maximum absolute atomic E-state index is 6.06. The van der Waals surface area contributed by atoms with E-state index >= 15 is 0 Å². The normalized spacial score (nSPS) is 10.4. The molecule has 2 N–H and O–H groups in total. The van der Waals surface area contributed by atoms with Crippen LogP contribution in [0.1, 0.15) is 11.1 Å². The molecule has 0 spiro atoms. The van der Waals surface area contributed by atoms with Gasteiger partial charge in [0, 0.05) is 16.4 Å².